The zero-order valence-corrected chi connectivity index (χ0v) is 23.1. The molecule has 7 nitrogen and oxygen atoms in total. The van der Waals surface area contributed by atoms with Gasteiger partial charge in [-0.3, -0.25) is 9.59 Å². The lowest BCUT2D eigenvalue weighted by molar-refractivity contribution is -0.134. The summed E-state index contributed by atoms with van der Waals surface area (Å²) < 4.78 is 38.3. The zero-order valence-electron chi connectivity index (χ0n) is 22.2. The van der Waals surface area contributed by atoms with Crippen LogP contribution in [-0.4, -0.2) is 67.9 Å². The van der Waals surface area contributed by atoms with Crippen molar-refractivity contribution in [1.29, 1.82) is 0 Å². The summed E-state index contributed by atoms with van der Waals surface area (Å²) in [7, 11) is -3.31. The Labute approximate surface area is 225 Å². The highest BCUT2D eigenvalue weighted by molar-refractivity contribution is 7.88. The molecule has 0 spiro atoms. The summed E-state index contributed by atoms with van der Waals surface area (Å²) in [4.78, 5) is 27.8. The number of nitrogens with zero attached hydrogens (tertiary/aromatic N) is 2. The number of piperazine rings is 1. The van der Waals surface area contributed by atoms with Gasteiger partial charge in [0.05, 0.1) is 6.26 Å². The zero-order chi connectivity index (χ0) is 27.3. The molecule has 2 aromatic carbocycles. The summed E-state index contributed by atoms with van der Waals surface area (Å²) in [5.41, 5.74) is 2.99. The number of rotatable bonds is 11. The van der Waals surface area contributed by atoms with Crippen LogP contribution in [0.1, 0.15) is 65.9 Å². The van der Waals surface area contributed by atoms with E-state index in [1.54, 1.807) is 4.90 Å². The van der Waals surface area contributed by atoms with Crippen molar-refractivity contribution in [3.8, 4) is 0 Å². The fourth-order valence-electron chi connectivity index (χ4n) is 5.28. The largest absolute Gasteiger partial charge is 0.340 e. The summed E-state index contributed by atoms with van der Waals surface area (Å²) in [6, 6.07) is 13.3. The highest BCUT2D eigenvalue weighted by Crippen LogP contribution is 2.50. The van der Waals surface area contributed by atoms with E-state index in [9.17, 15) is 22.4 Å². The van der Waals surface area contributed by atoms with Crippen molar-refractivity contribution in [2.75, 3.05) is 32.4 Å². The fraction of sp³-hybridized carbons (Fsp3) is 0.517. The second-order valence-corrected chi connectivity index (χ2v) is 12.7. The average molecular weight is 544 g/mol. The number of hydrogen-bond acceptors (Lipinski definition) is 4. The topological polar surface area (TPSA) is 86.8 Å². The number of halogens is 1. The van der Waals surface area contributed by atoms with Gasteiger partial charge in [0, 0.05) is 31.7 Å². The van der Waals surface area contributed by atoms with Gasteiger partial charge in [0.25, 0.3) is 5.91 Å². The molecule has 1 aliphatic heterocycles. The van der Waals surface area contributed by atoms with Crippen LogP contribution in [0.15, 0.2) is 48.5 Å². The maximum atomic E-state index is 13.4. The molecule has 2 aromatic rings. The number of unbranched alkanes of at least 4 members (excludes halogenated alkanes) is 2. The molecule has 1 N–H and O–H groups in total. The Balaban J connectivity index is 1.28. The van der Waals surface area contributed by atoms with Gasteiger partial charge in [0.1, 0.15) is 11.9 Å². The van der Waals surface area contributed by atoms with Crippen LogP contribution in [0.3, 0.4) is 0 Å². The Bertz CT molecular complexity index is 1210. The molecule has 1 aliphatic carbocycles. The SMILES string of the molecule is Cc1ccc([C@@H]2CC2CCCCC[C@H](NC(=O)c2ccc(F)cc2)C(=O)N2CCN(S(C)(=O)=O)CC2)cc1. The van der Waals surface area contributed by atoms with Crippen molar-refractivity contribution < 1.29 is 22.4 Å². The minimum absolute atomic E-state index is 0.199. The molecule has 2 fully saturated rings. The smallest absolute Gasteiger partial charge is 0.251 e. The third-order valence-corrected chi connectivity index (χ3v) is 9.03. The summed E-state index contributed by atoms with van der Waals surface area (Å²) in [5.74, 6) is 0.329. The number of nitrogens with one attached hydrogen (secondary N) is 1. The maximum absolute atomic E-state index is 13.4. The van der Waals surface area contributed by atoms with Crippen LogP contribution in [0.2, 0.25) is 0 Å². The first-order valence-electron chi connectivity index (χ1n) is 13.5. The van der Waals surface area contributed by atoms with Gasteiger partial charge in [0.15, 0.2) is 0 Å². The quantitative estimate of drug-likeness (QED) is 0.433. The van der Waals surface area contributed by atoms with Crippen LogP contribution in [0.5, 0.6) is 0 Å². The molecule has 206 valence electrons. The first-order valence-corrected chi connectivity index (χ1v) is 15.3. The minimum Gasteiger partial charge on any atom is -0.340 e. The van der Waals surface area contributed by atoms with Gasteiger partial charge in [-0.1, -0.05) is 49.1 Å². The monoisotopic (exact) mass is 543 g/mol. The number of hydrogen-bond donors (Lipinski definition) is 1. The summed E-state index contributed by atoms with van der Waals surface area (Å²) >= 11 is 0. The molecular weight excluding hydrogens is 505 g/mol. The Morgan fingerprint density at radius 1 is 0.974 bits per heavy atom. The highest BCUT2D eigenvalue weighted by Gasteiger charge is 2.37. The van der Waals surface area contributed by atoms with Gasteiger partial charge in [-0.15, -0.1) is 0 Å². The van der Waals surface area contributed by atoms with Crippen LogP contribution in [-0.2, 0) is 14.8 Å². The highest BCUT2D eigenvalue weighted by atomic mass is 32.2. The lowest BCUT2D eigenvalue weighted by atomic mass is 10.0. The van der Waals surface area contributed by atoms with Crippen molar-refractivity contribution >= 4 is 21.8 Å². The van der Waals surface area contributed by atoms with E-state index < -0.39 is 27.8 Å². The lowest BCUT2D eigenvalue weighted by Gasteiger charge is -2.35. The third kappa shape index (κ3) is 7.63. The van der Waals surface area contributed by atoms with Crippen LogP contribution >= 0.6 is 0 Å². The predicted octanol–water partition coefficient (Wildman–Crippen LogP) is 4.09. The van der Waals surface area contributed by atoms with E-state index in [1.807, 2.05) is 0 Å². The molecule has 1 saturated carbocycles. The van der Waals surface area contributed by atoms with Gasteiger partial charge in [-0.25, -0.2) is 12.8 Å². The molecular formula is C29H38FN3O4S. The standard InChI is InChI=1S/C29H38FN3O4S/c1-21-8-10-22(11-9-21)26-20-24(26)6-4-3-5-7-27(31-28(34)23-12-14-25(30)15-13-23)29(35)32-16-18-33(19-17-32)38(2,36)37/h8-15,24,26-27H,3-7,16-20H2,1-2H3,(H,31,34)/t24?,26-,27-/m0/s1. The predicted molar refractivity (Wildman–Crippen MR) is 146 cm³/mol. The molecule has 38 heavy (non-hydrogen) atoms. The Kier molecular flexibility index (Phi) is 9.20. The maximum Gasteiger partial charge on any atom is 0.251 e. The third-order valence-electron chi connectivity index (χ3n) is 7.72. The van der Waals surface area contributed by atoms with Gasteiger partial charge in [-0.05, 0) is 67.9 Å². The number of aryl methyl sites for hydroxylation is 1. The van der Waals surface area contributed by atoms with Crippen LogP contribution in [0, 0.1) is 18.7 Å². The number of amides is 2. The molecule has 9 heteroatoms. The van der Waals surface area contributed by atoms with E-state index in [4.69, 9.17) is 0 Å². The van der Waals surface area contributed by atoms with Crippen molar-refractivity contribution in [3.63, 3.8) is 0 Å². The van der Waals surface area contributed by atoms with E-state index in [1.165, 1.54) is 52.4 Å². The van der Waals surface area contributed by atoms with E-state index in [0.717, 1.165) is 31.6 Å². The number of benzene rings is 2. The molecule has 0 radical (unpaired) electrons. The van der Waals surface area contributed by atoms with Crippen molar-refractivity contribution in [2.24, 2.45) is 5.92 Å². The van der Waals surface area contributed by atoms with E-state index >= 15 is 0 Å². The van der Waals surface area contributed by atoms with Gasteiger partial charge in [0.2, 0.25) is 15.9 Å². The van der Waals surface area contributed by atoms with Gasteiger partial charge in [-0.2, -0.15) is 4.31 Å². The van der Waals surface area contributed by atoms with Gasteiger partial charge >= 0.3 is 0 Å². The summed E-state index contributed by atoms with van der Waals surface area (Å²) in [6.45, 7) is 3.16. The Hall–Kier alpha value is -2.78. The Morgan fingerprint density at radius 2 is 1.63 bits per heavy atom. The molecule has 2 amide bonds. The summed E-state index contributed by atoms with van der Waals surface area (Å²) in [6.07, 6.45) is 6.90. The minimum atomic E-state index is -3.31. The number of sulfonamides is 1. The molecule has 0 aromatic heterocycles. The molecule has 4 rings (SSSR count). The molecule has 3 atom stereocenters. The van der Waals surface area contributed by atoms with Crippen molar-refractivity contribution in [1.82, 2.24) is 14.5 Å². The second-order valence-electron chi connectivity index (χ2n) is 10.7. The van der Waals surface area contributed by atoms with Crippen molar-refractivity contribution in [3.05, 3.63) is 71.0 Å². The molecule has 0 bridgehead atoms. The average Bonchev–Trinajstić information content (AvgIpc) is 3.67. The molecule has 1 unspecified atom stereocenters. The Morgan fingerprint density at radius 3 is 2.26 bits per heavy atom. The first-order chi connectivity index (χ1) is 18.1. The van der Waals surface area contributed by atoms with E-state index in [0.29, 0.717) is 17.9 Å². The molecule has 1 heterocycles. The van der Waals surface area contributed by atoms with Crippen LogP contribution in [0.4, 0.5) is 4.39 Å². The van der Waals surface area contributed by atoms with Crippen LogP contribution < -0.4 is 5.32 Å². The van der Waals surface area contributed by atoms with E-state index in [2.05, 4.69) is 36.5 Å². The first kappa shape index (κ1) is 28.2. The lowest BCUT2D eigenvalue weighted by Crippen LogP contribution is -2.55. The van der Waals surface area contributed by atoms with Crippen LogP contribution in [0.25, 0.3) is 0 Å². The van der Waals surface area contributed by atoms with E-state index in [-0.39, 0.29) is 32.1 Å². The van der Waals surface area contributed by atoms with Gasteiger partial charge < -0.3 is 10.2 Å². The number of carbonyl (C=O) groups is 2. The van der Waals surface area contributed by atoms with Crippen molar-refractivity contribution in [2.45, 2.75) is 57.4 Å². The normalized spacial score (nSPS) is 20.7. The molecule has 1 saturated heterocycles. The number of carbonyl (C=O) groups excluding carboxylic acids is 2. The fourth-order valence-corrected chi connectivity index (χ4v) is 6.11. The summed E-state index contributed by atoms with van der Waals surface area (Å²) in [5, 5.41) is 2.85. The second kappa shape index (κ2) is 12.4. The molecule has 2 aliphatic rings.